The molecule has 232 valence electrons. The van der Waals surface area contributed by atoms with Gasteiger partial charge in [0.15, 0.2) is 0 Å². The van der Waals surface area contributed by atoms with Crippen LogP contribution in [0.4, 0.5) is 4.79 Å². The number of nitrogens with one attached hydrogen (secondary N) is 2. The second kappa shape index (κ2) is 15.1. The maximum Gasteiger partial charge on any atom is 0.408 e. The van der Waals surface area contributed by atoms with Crippen molar-refractivity contribution in [3.05, 3.63) is 64.7 Å². The minimum atomic E-state index is -1.01. The van der Waals surface area contributed by atoms with Crippen molar-refractivity contribution in [2.24, 2.45) is 0 Å². The molecule has 2 aromatic carbocycles. The van der Waals surface area contributed by atoms with Gasteiger partial charge >= 0.3 is 6.09 Å². The Hall–Kier alpha value is -3.55. The van der Waals surface area contributed by atoms with E-state index in [0.717, 1.165) is 41.5 Å². The molecule has 0 fully saturated rings. The first kappa shape index (κ1) is 34.7. The van der Waals surface area contributed by atoms with Crippen LogP contribution in [0.3, 0.4) is 0 Å². The number of amides is 3. The quantitative estimate of drug-likeness (QED) is 0.248. The molecule has 0 aliphatic rings. The highest BCUT2D eigenvalue weighted by molar-refractivity contribution is 5.92. The van der Waals surface area contributed by atoms with Gasteiger partial charge in [-0.2, -0.15) is 0 Å². The Kier molecular flexibility index (Phi) is 12.4. The molecule has 0 bridgehead atoms. The fourth-order valence-corrected chi connectivity index (χ4v) is 4.87. The molecular weight excluding hydrogens is 530 g/mol. The number of ether oxygens (including phenoxy) is 1. The fourth-order valence-electron chi connectivity index (χ4n) is 4.87. The van der Waals surface area contributed by atoms with Crippen LogP contribution in [-0.4, -0.2) is 51.6 Å². The Balaban J connectivity index is 2.63. The van der Waals surface area contributed by atoms with Crippen LogP contribution in [0.15, 0.2) is 42.5 Å². The summed E-state index contributed by atoms with van der Waals surface area (Å²) in [6.07, 6.45) is 3.10. The van der Waals surface area contributed by atoms with Crippen LogP contribution in [0.1, 0.15) is 102 Å². The largest absolute Gasteiger partial charge is 0.508 e. The fraction of sp³-hybridized carbons (Fsp3) is 0.559. The molecular formula is C34H51N3O5. The van der Waals surface area contributed by atoms with Crippen molar-refractivity contribution in [2.45, 2.75) is 118 Å². The molecule has 0 aliphatic carbocycles. The molecule has 0 saturated carbocycles. The highest BCUT2D eigenvalue weighted by atomic mass is 16.6. The highest BCUT2D eigenvalue weighted by Crippen LogP contribution is 2.27. The SMILES string of the molecule is CCCCCCN(C(=O)C(Cc1ccc(O)cc1)NC(=O)OC(C)(C)C)C(C(=O)NC(C)(C)C)c1cc(C)cc(C)c1. The first-order valence-corrected chi connectivity index (χ1v) is 15.0. The number of hydrogen-bond donors (Lipinski definition) is 3. The van der Waals surface area contributed by atoms with Crippen LogP contribution in [0, 0.1) is 13.8 Å². The Morgan fingerprint density at radius 1 is 0.905 bits per heavy atom. The van der Waals surface area contributed by atoms with Gasteiger partial charge in [0, 0.05) is 18.5 Å². The zero-order valence-electron chi connectivity index (χ0n) is 27.0. The molecule has 0 aliphatic heterocycles. The summed E-state index contributed by atoms with van der Waals surface area (Å²) in [5, 5.41) is 15.7. The van der Waals surface area contributed by atoms with Gasteiger partial charge < -0.3 is 25.4 Å². The van der Waals surface area contributed by atoms with E-state index in [1.807, 2.05) is 52.8 Å². The molecule has 2 unspecified atom stereocenters. The second-order valence-corrected chi connectivity index (χ2v) is 13.2. The standard InChI is InChI=1S/C34H51N3O5/c1-10-11-12-13-18-37(29(30(39)36-33(4,5)6)26-20-23(2)19-24(3)21-26)31(40)28(35-32(41)42-34(7,8)9)22-25-14-16-27(38)17-15-25/h14-17,19-21,28-29,38H,10-13,18,22H2,1-9H3,(H,35,41)(H,36,39). The lowest BCUT2D eigenvalue weighted by Gasteiger charge is -2.36. The number of alkyl carbamates (subject to hydrolysis) is 1. The van der Waals surface area contributed by atoms with E-state index in [-0.39, 0.29) is 24.0 Å². The number of nitrogens with zero attached hydrogens (tertiary/aromatic N) is 1. The van der Waals surface area contributed by atoms with E-state index in [1.54, 1.807) is 49.9 Å². The summed E-state index contributed by atoms with van der Waals surface area (Å²) in [5.74, 6) is -0.552. The first-order valence-electron chi connectivity index (χ1n) is 15.0. The van der Waals surface area contributed by atoms with Gasteiger partial charge in [0.25, 0.3) is 0 Å². The Morgan fingerprint density at radius 3 is 2.02 bits per heavy atom. The normalized spacial score (nSPS) is 13.2. The monoisotopic (exact) mass is 581 g/mol. The van der Waals surface area contributed by atoms with E-state index in [4.69, 9.17) is 4.74 Å². The van der Waals surface area contributed by atoms with Crippen LogP contribution in [0.5, 0.6) is 5.75 Å². The molecule has 0 radical (unpaired) electrons. The predicted molar refractivity (Wildman–Crippen MR) is 167 cm³/mol. The Morgan fingerprint density at radius 2 is 1.50 bits per heavy atom. The second-order valence-electron chi connectivity index (χ2n) is 13.2. The smallest absolute Gasteiger partial charge is 0.408 e. The summed E-state index contributed by atoms with van der Waals surface area (Å²) in [7, 11) is 0. The number of aryl methyl sites for hydroxylation is 2. The number of aromatic hydroxyl groups is 1. The molecule has 0 aromatic heterocycles. The topological polar surface area (TPSA) is 108 Å². The third-order valence-corrected chi connectivity index (χ3v) is 6.52. The number of carbonyl (C=O) groups excluding carboxylic acids is 3. The van der Waals surface area contributed by atoms with Crippen molar-refractivity contribution in [3.63, 3.8) is 0 Å². The van der Waals surface area contributed by atoms with Gasteiger partial charge in [-0.3, -0.25) is 9.59 Å². The Labute approximate surface area is 252 Å². The maximum absolute atomic E-state index is 14.6. The molecule has 2 aromatic rings. The van der Waals surface area contributed by atoms with Crippen molar-refractivity contribution < 1.29 is 24.2 Å². The molecule has 0 spiro atoms. The van der Waals surface area contributed by atoms with Crippen molar-refractivity contribution in [2.75, 3.05) is 6.54 Å². The summed E-state index contributed by atoms with van der Waals surface area (Å²) in [6.45, 7) is 17.4. The predicted octanol–water partition coefficient (Wildman–Crippen LogP) is 6.51. The van der Waals surface area contributed by atoms with Gasteiger partial charge in [0.1, 0.15) is 23.4 Å². The van der Waals surface area contributed by atoms with Gasteiger partial charge in [-0.15, -0.1) is 0 Å². The van der Waals surface area contributed by atoms with Crippen LogP contribution in [-0.2, 0) is 20.7 Å². The molecule has 0 saturated heterocycles. The molecule has 8 heteroatoms. The van der Waals surface area contributed by atoms with E-state index in [0.29, 0.717) is 13.0 Å². The average Bonchev–Trinajstić information content (AvgIpc) is 2.83. The minimum absolute atomic E-state index is 0.105. The lowest BCUT2D eigenvalue weighted by molar-refractivity contribution is -0.143. The number of rotatable bonds is 12. The van der Waals surface area contributed by atoms with E-state index >= 15 is 0 Å². The van der Waals surface area contributed by atoms with E-state index in [2.05, 4.69) is 17.6 Å². The van der Waals surface area contributed by atoms with E-state index < -0.39 is 29.3 Å². The highest BCUT2D eigenvalue weighted by Gasteiger charge is 2.37. The number of benzene rings is 2. The lowest BCUT2D eigenvalue weighted by Crippen LogP contribution is -2.55. The summed E-state index contributed by atoms with van der Waals surface area (Å²) in [6, 6.07) is 10.5. The van der Waals surface area contributed by atoms with Crippen molar-refractivity contribution in [3.8, 4) is 5.75 Å². The van der Waals surface area contributed by atoms with Gasteiger partial charge in [-0.25, -0.2) is 4.79 Å². The first-order chi connectivity index (χ1) is 19.5. The summed E-state index contributed by atoms with van der Waals surface area (Å²) in [4.78, 5) is 43.1. The third-order valence-electron chi connectivity index (χ3n) is 6.52. The molecule has 3 N–H and O–H groups in total. The van der Waals surface area contributed by atoms with Crippen LogP contribution >= 0.6 is 0 Å². The molecule has 2 rings (SSSR count). The van der Waals surface area contributed by atoms with Gasteiger partial charge in [-0.05, 0) is 85.1 Å². The van der Waals surface area contributed by atoms with E-state index in [9.17, 15) is 19.5 Å². The number of hydrogen-bond acceptors (Lipinski definition) is 5. The van der Waals surface area contributed by atoms with E-state index in [1.165, 1.54) is 0 Å². The molecule has 0 heterocycles. The average molecular weight is 582 g/mol. The zero-order valence-corrected chi connectivity index (χ0v) is 27.0. The number of unbranched alkanes of at least 4 members (excludes halogenated alkanes) is 3. The third kappa shape index (κ3) is 11.7. The molecule has 42 heavy (non-hydrogen) atoms. The maximum atomic E-state index is 14.6. The van der Waals surface area contributed by atoms with Crippen molar-refractivity contribution in [1.82, 2.24) is 15.5 Å². The van der Waals surface area contributed by atoms with Crippen molar-refractivity contribution in [1.29, 1.82) is 0 Å². The lowest BCUT2D eigenvalue weighted by atomic mass is 9.96. The summed E-state index contributed by atoms with van der Waals surface area (Å²) in [5.41, 5.74) is 2.17. The molecule has 3 amide bonds. The number of phenolic OH excluding ortho intramolecular Hbond substituents is 1. The van der Waals surface area contributed by atoms with Crippen LogP contribution < -0.4 is 10.6 Å². The number of carbonyl (C=O) groups is 3. The summed E-state index contributed by atoms with van der Waals surface area (Å²) < 4.78 is 5.52. The number of phenols is 1. The molecule has 2 atom stereocenters. The van der Waals surface area contributed by atoms with Gasteiger partial charge in [0.2, 0.25) is 11.8 Å². The minimum Gasteiger partial charge on any atom is -0.508 e. The summed E-state index contributed by atoms with van der Waals surface area (Å²) >= 11 is 0. The van der Waals surface area contributed by atoms with Gasteiger partial charge in [0.05, 0.1) is 0 Å². The Bertz CT molecular complexity index is 1170. The zero-order chi connectivity index (χ0) is 31.7. The molecule has 8 nitrogen and oxygen atoms in total. The van der Waals surface area contributed by atoms with Gasteiger partial charge in [-0.1, -0.05) is 67.6 Å². The van der Waals surface area contributed by atoms with Crippen molar-refractivity contribution >= 4 is 17.9 Å². The van der Waals surface area contributed by atoms with Crippen LogP contribution in [0.2, 0.25) is 0 Å². The van der Waals surface area contributed by atoms with Crippen LogP contribution in [0.25, 0.3) is 0 Å².